The Morgan fingerprint density at radius 1 is 0.750 bits per heavy atom. The molecule has 0 aliphatic carbocycles. The summed E-state index contributed by atoms with van der Waals surface area (Å²) in [5.41, 5.74) is 3.50. The van der Waals surface area contributed by atoms with Gasteiger partial charge in [0, 0.05) is 0 Å². The van der Waals surface area contributed by atoms with Crippen LogP contribution in [0.2, 0.25) is 0 Å². The lowest BCUT2D eigenvalue weighted by Gasteiger charge is -2.11. The van der Waals surface area contributed by atoms with Crippen molar-refractivity contribution in [2.24, 2.45) is 0 Å². The molecule has 0 aromatic heterocycles. The van der Waals surface area contributed by atoms with E-state index in [1.807, 2.05) is 48.5 Å². The maximum atomic E-state index is 9.36. The summed E-state index contributed by atoms with van der Waals surface area (Å²) in [6.45, 7) is 4.43. The summed E-state index contributed by atoms with van der Waals surface area (Å²) in [5.74, 6) is 2.51. The lowest BCUT2D eigenvalue weighted by molar-refractivity contribution is 0.475. The average Bonchev–Trinajstić information content (AvgIpc) is 2.63. The molecular formula is C22H22O2. The van der Waals surface area contributed by atoms with E-state index in [1.54, 1.807) is 12.1 Å². The van der Waals surface area contributed by atoms with E-state index in [0.717, 1.165) is 29.0 Å². The summed E-state index contributed by atoms with van der Waals surface area (Å²) in [4.78, 5) is 0. The van der Waals surface area contributed by atoms with Crippen molar-refractivity contribution in [2.45, 2.75) is 26.2 Å². The summed E-state index contributed by atoms with van der Waals surface area (Å²) in [7, 11) is 0. The van der Waals surface area contributed by atoms with Crippen LogP contribution in [-0.4, -0.2) is 5.11 Å². The number of aromatic hydroxyl groups is 1. The van der Waals surface area contributed by atoms with Gasteiger partial charge in [-0.25, -0.2) is 0 Å². The molecule has 1 unspecified atom stereocenters. The van der Waals surface area contributed by atoms with Crippen LogP contribution in [0.4, 0.5) is 0 Å². The highest BCUT2D eigenvalue weighted by Gasteiger charge is 2.04. The number of phenolic OH excluding ortho intramolecular Hbond substituents is 1. The van der Waals surface area contributed by atoms with Crippen LogP contribution in [0.15, 0.2) is 72.8 Å². The lowest BCUT2D eigenvalue weighted by Crippen LogP contribution is -1.91. The molecule has 0 fully saturated rings. The number of ether oxygens (including phenoxy) is 1. The fourth-order valence-corrected chi connectivity index (χ4v) is 2.61. The standard InChI is InChI=1S/C22H22O2/c1-3-16(2)17-6-12-21(13-7-17)24-22-14-8-19(9-15-22)18-4-10-20(23)11-5-18/h4-16,23H,3H2,1-2H3. The zero-order chi connectivity index (χ0) is 16.9. The van der Waals surface area contributed by atoms with E-state index in [2.05, 4.69) is 26.0 Å². The van der Waals surface area contributed by atoms with Crippen molar-refractivity contribution in [3.05, 3.63) is 78.4 Å². The van der Waals surface area contributed by atoms with Crippen molar-refractivity contribution in [1.29, 1.82) is 0 Å². The smallest absolute Gasteiger partial charge is 0.127 e. The Labute approximate surface area is 143 Å². The minimum atomic E-state index is 0.277. The molecule has 0 bridgehead atoms. The Morgan fingerprint density at radius 3 is 1.71 bits per heavy atom. The zero-order valence-corrected chi connectivity index (χ0v) is 14.1. The molecule has 1 atom stereocenters. The fraction of sp³-hybridized carbons (Fsp3) is 0.182. The van der Waals surface area contributed by atoms with E-state index in [9.17, 15) is 5.11 Å². The van der Waals surface area contributed by atoms with Crippen LogP contribution in [0.5, 0.6) is 17.2 Å². The molecule has 1 N–H and O–H groups in total. The topological polar surface area (TPSA) is 29.5 Å². The fourth-order valence-electron chi connectivity index (χ4n) is 2.61. The van der Waals surface area contributed by atoms with Crippen molar-refractivity contribution in [2.75, 3.05) is 0 Å². The van der Waals surface area contributed by atoms with Crippen LogP contribution in [-0.2, 0) is 0 Å². The van der Waals surface area contributed by atoms with Gasteiger partial charge in [-0.1, -0.05) is 50.2 Å². The monoisotopic (exact) mass is 318 g/mol. The first-order valence-electron chi connectivity index (χ1n) is 8.33. The van der Waals surface area contributed by atoms with Crippen molar-refractivity contribution < 1.29 is 9.84 Å². The number of benzene rings is 3. The van der Waals surface area contributed by atoms with E-state index in [4.69, 9.17) is 4.74 Å². The second-order valence-electron chi connectivity index (χ2n) is 6.05. The molecular weight excluding hydrogens is 296 g/mol. The molecule has 2 heteroatoms. The Morgan fingerprint density at radius 2 is 1.21 bits per heavy atom. The third-order valence-corrected chi connectivity index (χ3v) is 4.35. The van der Waals surface area contributed by atoms with Gasteiger partial charge < -0.3 is 9.84 Å². The van der Waals surface area contributed by atoms with Crippen LogP contribution < -0.4 is 4.74 Å². The third-order valence-electron chi connectivity index (χ3n) is 4.35. The van der Waals surface area contributed by atoms with Crippen LogP contribution in [0.25, 0.3) is 11.1 Å². The maximum absolute atomic E-state index is 9.36. The predicted octanol–water partition coefficient (Wildman–Crippen LogP) is 6.37. The SMILES string of the molecule is CCC(C)c1ccc(Oc2ccc(-c3ccc(O)cc3)cc2)cc1. The predicted molar refractivity (Wildman–Crippen MR) is 98.8 cm³/mol. The Hall–Kier alpha value is -2.74. The summed E-state index contributed by atoms with van der Waals surface area (Å²) >= 11 is 0. The average molecular weight is 318 g/mol. The Kier molecular flexibility index (Phi) is 4.85. The first kappa shape index (κ1) is 16.1. The Balaban J connectivity index is 1.71. The summed E-state index contributed by atoms with van der Waals surface area (Å²) in [6, 6.07) is 23.5. The van der Waals surface area contributed by atoms with Gasteiger partial charge in [-0.05, 0) is 65.4 Å². The van der Waals surface area contributed by atoms with E-state index in [0.29, 0.717) is 5.92 Å². The van der Waals surface area contributed by atoms with E-state index in [1.165, 1.54) is 5.56 Å². The molecule has 3 aromatic rings. The first-order chi connectivity index (χ1) is 11.7. The minimum Gasteiger partial charge on any atom is -0.508 e. The number of phenols is 1. The van der Waals surface area contributed by atoms with Crippen LogP contribution in [0.3, 0.4) is 0 Å². The van der Waals surface area contributed by atoms with Crippen molar-refractivity contribution in [3.8, 4) is 28.4 Å². The van der Waals surface area contributed by atoms with Gasteiger partial charge in [0.15, 0.2) is 0 Å². The lowest BCUT2D eigenvalue weighted by atomic mass is 9.99. The van der Waals surface area contributed by atoms with Crippen molar-refractivity contribution in [1.82, 2.24) is 0 Å². The highest BCUT2D eigenvalue weighted by Crippen LogP contribution is 2.28. The molecule has 24 heavy (non-hydrogen) atoms. The zero-order valence-electron chi connectivity index (χ0n) is 14.1. The third kappa shape index (κ3) is 3.77. The van der Waals surface area contributed by atoms with E-state index >= 15 is 0 Å². The molecule has 0 amide bonds. The van der Waals surface area contributed by atoms with Crippen LogP contribution >= 0.6 is 0 Å². The van der Waals surface area contributed by atoms with Crippen molar-refractivity contribution in [3.63, 3.8) is 0 Å². The molecule has 122 valence electrons. The molecule has 0 aliphatic heterocycles. The molecule has 0 aliphatic rings. The minimum absolute atomic E-state index is 0.277. The second-order valence-corrected chi connectivity index (χ2v) is 6.05. The maximum Gasteiger partial charge on any atom is 0.127 e. The van der Waals surface area contributed by atoms with Gasteiger partial charge in [0.05, 0.1) is 0 Å². The van der Waals surface area contributed by atoms with Gasteiger partial charge in [-0.2, -0.15) is 0 Å². The normalized spacial score (nSPS) is 11.9. The molecule has 0 radical (unpaired) electrons. The van der Waals surface area contributed by atoms with E-state index in [-0.39, 0.29) is 5.75 Å². The first-order valence-corrected chi connectivity index (χ1v) is 8.33. The van der Waals surface area contributed by atoms with Gasteiger partial charge in [-0.3, -0.25) is 0 Å². The Bertz CT molecular complexity index is 772. The van der Waals surface area contributed by atoms with Gasteiger partial charge in [0.1, 0.15) is 17.2 Å². The highest BCUT2D eigenvalue weighted by molar-refractivity contribution is 5.64. The van der Waals surface area contributed by atoms with Crippen LogP contribution in [0, 0.1) is 0 Å². The molecule has 0 saturated heterocycles. The van der Waals surface area contributed by atoms with Gasteiger partial charge in [0.2, 0.25) is 0 Å². The highest BCUT2D eigenvalue weighted by atomic mass is 16.5. The largest absolute Gasteiger partial charge is 0.508 e. The molecule has 3 aromatic carbocycles. The van der Waals surface area contributed by atoms with Gasteiger partial charge in [0.25, 0.3) is 0 Å². The van der Waals surface area contributed by atoms with Crippen molar-refractivity contribution >= 4 is 0 Å². The van der Waals surface area contributed by atoms with Gasteiger partial charge in [-0.15, -0.1) is 0 Å². The quantitative estimate of drug-likeness (QED) is 0.592. The molecule has 0 heterocycles. The van der Waals surface area contributed by atoms with E-state index < -0.39 is 0 Å². The molecule has 0 spiro atoms. The molecule has 3 rings (SSSR count). The van der Waals surface area contributed by atoms with Crippen LogP contribution in [0.1, 0.15) is 31.7 Å². The summed E-state index contributed by atoms with van der Waals surface area (Å²) in [6.07, 6.45) is 1.14. The molecule has 2 nitrogen and oxygen atoms in total. The number of hydrogen-bond donors (Lipinski definition) is 1. The number of hydrogen-bond acceptors (Lipinski definition) is 2. The second kappa shape index (κ2) is 7.22. The number of rotatable bonds is 5. The summed E-state index contributed by atoms with van der Waals surface area (Å²) < 4.78 is 5.92. The van der Waals surface area contributed by atoms with Gasteiger partial charge >= 0.3 is 0 Å². The molecule has 0 saturated carbocycles. The summed E-state index contributed by atoms with van der Waals surface area (Å²) in [5, 5.41) is 9.36.